The largest absolute Gasteiger partial charge is 0.379 e. The van der Waals surface area contributed by atoms with E-state index in [1.54, 1.807) is 0 Å². The minimum absolute atomic E-state index is 0. The Balaban J connectivity index is 0.00000162. The Morgan fingerprint density at radius 3 is 2.94 bits per heavy atom. The fourth-order valence-electron chi connectivity index (χ4n) is 1.83. The Morgan fingerprint density at radius 2 is 2.28 bits per heavy atom. The second-order valence-electron chi connectivity index (χ2n) is 4.77. The van der Waals surface area contributed by atoms with Gasteiger partial charge in [0.1, 0.15) is 0 Å². The first-order chi connectivity index (χ1) is 8.34. The van der Waals surface area contributed by atoms with Gasteiger partial charge in [0.05, 0.1) is 25.7 Å². The number of halogens is 1. The van der Waals surface area contributed by atoms with Gasteiger partial charge in [0, 0.05) is 26.2 Å². The molecule has 1 heterocycles. The van der Waals surface area contributed by atoms with Crippen molar-refractivity contribution in [2.75, 3.05) is 39.5 Å². The van der Waals surface area contributed by atoms with Crippen LogP contribution < -0.4 is 10.6 Å². The number of amides is 1. The fraction of sp³-hybridized carbons (Fsp3) is 0.917. The van der Waals surface area contributed by atoms with Gasteiger partial charge in [0.15, 0.2) is 0 Å². The molecule has 1 aliphatic carbocycles. The Hall–Kier alpha value is -0.360. The smallest absolute Gasteiger partial charge is 0.222 e. The molecule has 1 amide bonds. The van der Waals surface area contributed by atoms with Gasteiger partial charge >= 0.3 is 0 Å². The number of carbonyl (C=O) groups excluding carboxylic acids is 1. The predicted molar refractivity (Wildman–Crippen MR) is 71.0 cm³/mol. The molecule has 0 aromatic carbocycles. The van der Waals surface area contributed by atoms with Crippen LogP contribution in [0.3, 0.4) is 0 Å². The number of nitrogens with one attached hydrogen (secondary N) is 2. The van der Waals surface area contributed by atoms with Crippen molar-refractivity contribution < 1.29 is 14.3 Å². The molecular weight excluding hydrogens is 256 g/mol. The van der Waals surface area contributed by atoms with E-state index >= 15 is 0 Å². The van der Waals surface area contributed by atoms with Crippen LogP contribution in [-0.4, -0.2) is 51.5 Å². The van der Waals surface area contributed by atoms with Crippen LogP contribution in [-0.2, 0) is 14.3 Å². The van der Waals surface area contributed by atoms with E-state index in [1.807, 2.05) is 0 Å². The normalized spacial score (nSPS) is 23.2. The quantitative estimate of drug-likeness (QED) is 0.659. The zero-order valence-corrected chi connectivity index (χ0v) is 11.5. The van der Waals surface area contributed by atoms with Gasteiger partial charge in [-0.25, -0.2) is 0 Å². The highest BCUT2D eigenvalue weighted by Crippen LogP contribution is 2.28. The number of rotatable bonds is 7. The van der Waals surface area contributed by atoms with Gasteiger partial charge in [-0.05, 0) is 18.8 Å². The van der Waals surface area contributed by atoms with Crippen LogP contribution in [0, 0.1) is 5.92 Å². The first-order valence-electron chi connectivity index (χ1n) is 6.51. The topological polar surface area (TPSA) is 59.6 Å². The van der Waals surface area contributed by atoms with Crippen molar-refractivity contribution in [1.29, 1.82) is 0 Å². The third-order valence-corrected chi connectivity index (χ3v) is 3.04. The molecule has 1 unspecified atom stereocenters. The summed E-state index contributed by atoms with van der Waals surface area (Å²) in [6, 6.07) is 0. The summed E-state index contributed by atoms with van der Waals surface area (Å²) in [7, 11) is 0. The lowest BCUT2D eigenvalue weighted by Gasteiger charge is -2.23. The Bertz CT molecular complexity index is 243. The molecule has 0 aromatic rings. The molecule has 1 atom stereocenters. The van der Waals surface area contributed by atoms with E-state index in [4.69, 9.17) is 9.47 Å². The van der Waals surface area contributed by atoms with Crippen molar-refractivity contribution in [2.45, 2.75) is 25.4 Å². The highest BCUT2D eigenvalue weighted by atomic mass is 35.5. The van der Waals surface area contributed by atoms with E-state index in [-0.39, 0.29) is 24.4 Å². The predicted octanol–water partition coefficient (Wildman–Crippen LogP) is 0.330. The minimum Gasteiger partial charge on any atom is -0.379 e. The molecule has 1 saturated heterocycles. The average Bonchev–Trinajstić information content (AvgIpc) is 3.14. The number of ether oxygens (including phenoxy) is 2. The number of morpholine rings is 1. The SMILES string of the molecule is Cl.O=C(CC1CNCCO1)NCCOCC1CC1. The summed E-state index contributed by atoms with van der Waals surface area (Å²) in [5.74, 6) is 0.834. The second-order valence-corrected chi connectivity index (χ2v) is 4.77. The summed E-state index contributed by atoms with van der Waals surface area (Å²) in [6.07, 6.45) is 3.07. The maximum absolute atomic E-state index is 11.5. The van der Waals surface area contributed by atoms with Crippen molar-refractivity contribution in [2.24, 2.45) is 5.92 Å². The lowest BCUT2D eigenvalue weighted by Crippen LogP contribution is -2.41. The molecule has 2 rings (SSSR count). The van der Waals surface area contributed by atoms with Crippen molar-refractivity contribution in [3.8, 4) is 0 Å². The first-order valence-corrected chi connectivity index (χ1v) is 6.51. The minimum atomic E-state index is 0. The summed E-state index contributed by atoms with van der Waals surface area (Å²) in [5, 5.41) is 6.06. The number of hydrogen-bond acceptors (Lipinski definition) is 4. The maximum atomic E-state index is 11.5. The molecule has 0 aromatic heterocycles. The van der Waals surface area contributed by atoms with E-state index in [2.05, 4.69) is 10.6 Å². The molecule has 0 spiro atoms. The van der Waals surface area contributed by atoms with Crippen molar-refractivity contribution in [3.05, 3.63) is 0 Å². The van der Waals surface area contributed by atoms with Crippen molar-refractivity contribution in [3.63, 3.8) is 0 Å². The first kappa shape index (κ1) is 15.7. The zero-order chi connectivity index (χ0) is 11.9. The zero-order valence-electron chi connectivity index (χ0n) is 10.7. The van der Waals surface area contributed by atoms with Crippen LogP contribution in [0.4, 0.5) is 0 Å². The molecule has 5 nitrogen and oxygen atoms in total. The van der Waals surface area contributed by atoms with Crippen molar-refractivity contribution >= 4 is 18.3 Å². The standard InChI is InChI=1S/C12H22N2O3.ClH/c15-12(7-11-8-13-3-6-17-11)14-4-5-16-9-10-1-2-10;/h10-11,13H,1-9H2,(H,14,15);1H. The number of hydrogen-bond donors (Lipinski definition) is 2. The van der Waals surface area contributed by atoms with Crippen LogP contribution in [0.1, 0.15) is 19.3 Å². The Morgan fingerprint density at radius 1 is 1.44 bits per heavy atom. The molecule has 0 bridgehead atoms. The summed E-state index contributed by atoms with van der Waals surface area (Å²) < 4.78 is 10.9. The van der Waals surface area contributed by atoms with Crippen LogP contribution in [0.2, 0.25) is 0 Å². The van der Waals surface area contributed by atoms with Gasteiger partial charge in [0.2, 0.25) is 5.91 Å². The van der Waals surface area contributed by atoms with Gasteiger partial charge in [-0.2, -0.15) is 0 Å². The molecule has 2 aliphatic rings. The van der Waals surface area contributed by atoms with E-state index in [9.17, 15) is 4.79 Å². The molecule has 106 valence electrons. The third-order valence-electron chi connectivity index (χ3n) is 3.04. The van der Waals surface area contributed by atoms with E-state index in [1.165, 1.54) is 12.8 Å². The monoisotopic (exact) mass is 278 g/mol. The molecule has 2 fully saturated rings. The fourth-order valence-corrected chi connectivity index (χ4v) is 1.83. The van der Waals surface area contributed by atoms with Crippen LogP contribution >= 0.6 is 12.4 Å². The summed E-state index contributed by atoms with van der Waals surface area (Å²) >= 11 is 0. The summed E-state index contributed by atoms with van der Waals surface area (Å²) in [5.41, 5.74) is 0. The van der Waals surface area contributed by atoms with Crippen molar-refractivity contribution in [1.82, 2.24) is 10.6 Å². The second kappa shape index (κ2) is 8.69. The Labute approximate surface area is 114 Å². The lowest BCUT2D eigenvalue weighted by atomic mass is 10.2. The van der Waals surface area contributed by atoms with Gasteiger partial charge in [0.25, 0.3) is 0 Å². The average molecular weight is 279 g/mol. The molecule has 6 heteroatoms. The summed E-state index contributed by atoms with van der Waals surface area (Å²) in [4.78, 5) is 11.5. The highest BCUT2D eigenvalue weighted by Gasteiger charge is 2.21. The molecule has 1 saturated carbocycles. The lowest BCUT2D eigenvalue weighted by molar-refractivity contribution is -0.124. The van der Waals surface area contributed by atoms with Crippen LogP contribution in [0.15, 0.2) is 0 Å². The van der Waals surface area contributed by atoms with E-state index in [0.717, 1.165) is 25.6 Å². The van der Waals surface area contributed by atoms with E-state index < -0.39 is 0 Å². The van der Waals surface area contributed by atoms with E-state index in [0.29, 0.717) is 26.2 Å². The summed E-state index contributed by atoms with van der Waals surface area (Å²) in [6.45, 7) is 4.42. The van der Waals surface area contributed by atoms with Gasteiger partial charge in [-0.1, -0.05) is 0 Å². The number of carbonyl (C=O) groups is 1. The Kier molecular flexibility index (Phi) is 7.58. The molecule has 18 heavy (non-hydrogen) atoms. The highest BCUT2D eigenvalue weighted by molar-refractivity contribution is 5.85. The molecule has 0 radical (unpaired) electrons. The maximum Gasteiger partial charge on any atom is 0.222 e. The van der Waals surface area contributed by atoms with Gasteiger partial charge < -0.3 is 20.1 Å². The molecular formula is C12H23ClN2O3. The molecule has 2 N–H and O–H groups in total. The van der Waals surface area contributed by atoms with Crippen LogP contribution in [0.5, 0.6) is 0 Å². The molecule has 1 aliphatic heterocycles. The van der Waals surface area contributed by atoms with Crippen LogP contribution in [0.25, 0.3) is 0 Å². The third kappa shape index (κ3) is 6.54. The van der Waals surface area contributed by atoms with Gasteiger partial charge in [-0.15, -0.1) is 12.4 Å². The van der Waals surface area contributed by atoms with Gasteiger partial charge in [-0.3, -0.25) is 4.79 Å².